The molecule has 2 unspecified atom stereocenters. The zero-order valence-electron chi connectivity index (χ0n) is 7.04. The number of furan rings is 1. The first-order valence-electron chi connectivity index (χ1n) is 4.30. The predicted molar refractivity (Wildman–Crippen MR) is 43.8 cm³/mol. The highest BCUT2D eigenvalue weighted by Gasteiger charge is 2.35. The lowest BCUT2D eigenvalue weighted by molar-refractivity contribution is 0.0787. The molecular formula is C9H11F2NO. The fraction of sp³-hybridized carbons (Fsp3) is 0.556. The molecule has 2 nitrogen and oxygen atoms in total. The normalized spacial score (nSPS) is 28.5. The molecule has 2 heterocycles. The summed E-state index contributed by atoms with van der Waals surface area (Å²) in [5.74, 6) is -0.670. The number of rotatable bonds is 2. The average Bonchev–Trinajstić information content (AvgIpc) is 2.74. The lowest BCUT2D eigenvalue weighted by atomic mass is 9.91. The summed E-state index contributed by atoms with van der Waals surface area (Å²) >= 11 is 0. The molecule has 0 saturated carbocycles. The van der Waals surface area contributed by atoms with E-state index in [1.807, 2.05) is 0 Å². The topological polar surface area (TPSA) is 25.2 Å². The highest BCUT2D eigenvalue weighted by atomic mass is 19.3. The zero-order chi connectivity index (χ0) is 9.26. The quantitative estimate of drug-likeness (QED) is 0.764. The summed E-state index contributed by atoms with van der Waals surface area (Å²) in [7, 11) is 0. The number of nitrogens with one attached hydrogen (secondary N) is 1. The Bertz CT molecular complexity index is 261. The Hall–Kier alpha value is -0.900. The Morgan fingerprint density at radius 1 is 1.46 bits per heavy atom. The molecule has 1 aliphatic rings. The second-order valence-electron chi connectivity index (χ2n) is 3.32. The Balaban J connectivity index is 2.14. The third kappa shape index (κ3) is 1.58. The summed E-state index contributed by atoms with van der Waals surface area (Å²) in [6, 6.07) is 1.76. The van der Waals surface area contributed by atoms with Gasteiger partial charge in [0.1, 0.15) is 0 Å². The maximum absolute atomic E-state index is 12.5. The van der Waals surface area contributed by atoms with E-state index < -0.39 is 12.3 Å². The first-order valence-corrected chi connectivity index (χ1v) is 4.30. The van der Waals surface area contributed by atoms with Gasteiger partial charge in [0, 0.05) is 24.9 Å². The average molecular weight is 187 g/mol. The summed E-state index contributed by atoms with van der Waals surface area (Å²) in [6.07, 6.45) is 0.818. The van der Waals surface area contributed by atoms with Crippen LogP contribution in [0.4, 0.5) is 8.78 Å². The molecule has 0 amide bonds. The summed E-state index contributed by atoms with van der Waals surface area (Å²) < 4.78 is 29.9. The van der Waals surface area contributed by atoms with Crippen LogP contribution in [0.1, 0.15) is 11.5 Å². The molecule has 1 saturated heterocycles. The Kier molecular flexibility index (Phi) is 2.31. The molecule has 1 aromatic heterocycles. The van der Waals surface area contributed by atoms with Crippen LogP contribution in [0.15, 0.2) is 23.0 Å². The third-order valence-electron chi connectivity index (χ3n) is 2.56. The number of alkyl halides is 2. The molecule has 0 aromatic carbocycles. The van der Waals surface area contributed by atoms with E-state index in [-0.39, 0.29) is 5.92 Å². The van der Waals surface area contributed by atoms with Crippen LogP contribution in [0.5, 0.6) is 0 Å². The minimum absolute atomic E-state index is 0.0984. The SMILES string of the molecule is FC(F)C1CNCC1c1ccoc1. The van der Waals surface area contributed by atoms with Crippen molar-refractivity contribution in [1.29, 1.82) is 0 Å². The molecule has 72 valence electrons. The summed E-state index contributed by atoms with van der Waals surface area (Å²) in [5.41, 5.74) is 0.871. The lowest BCUT2D eigenvalue weighted by Gasteiger charge is -2.15. The van der Waals surface area contributed by atoms with Crippen molar-refractivity contribution in [2.75, 3.05) is 13.1 Å². The number of hydrogen-bond donors (Lipinski definition) is 1. The van der Waals surface area contributed by atoms with E-state index in [0.29, 0.717) is 13.1 Å². The van der Waals surface area contributed by atoms with Gasteiger partial charge in [-0.1, -0.05) is 0 Å². The Labute approximate surface area is 74.9 Å². The molecular weight excluding hydrogens is 176 g/mol. The monoisotopic (exact) mass is 187 g/mol. The minimum Gasteiger partial charge on any atom is -0.472 e. The van der Waals surface area contributed by atoms with Gasteiger partial charge < -0.3 is 9.73 Å². The van der Waals surface area contributed by atoms with Crippen molar-refractivity contribution in [3.05, 3.63) is 24.2 Å². The first-order chi connectivity index (χ1) is 6.29. The smallest absolute Gasteiger partial charge is 0.243 e. The van der Waals surface area contributed by atoms with Crippen LogP contribution < -0.4 is 5.32 Å². The summed E-state index contributed by atoms with van der Waals surface area (Å²) in [5, 5.41) is 2.97. The maximum atomic E-state index is 12.5. The summed E-state index contributed by atoms with van der Waals surface area (Å²) in [4.78, 5) is 0. The van der Waals surface area contributed by atoms with Crippen LogP contribution in [0.25, 0.3) is 0 Å². The van der Waals surface area contributed by atoms with Crippen LogP contribution in [0.3, 0.4) is 0 Å². The maximum Gasteiger partial charge on any atom is 0.243 e. The summed E-state index contributed by atoms with van der Waals surface area (Å²) in [6.45, 7) is 1.02. The Morgan fingerprint density at radius 2 is 2.31 bits per heavy atom. The van der Waals surface area contributed by atoms with E-state index in [1.165, 1.54) is 6.26 Å². The van der Waals surface area contributed by atoms with Crippen molar-refractivity contribution < 1.29 is 13.2 Å². The molecule has 1 aliphatic heterocycles. The zero-order valence-corrected chi connectivity index (χ0v) is 7.04. The Morgan fingerprint density at radius 3 is 2.92 bits per heavy atom. The van der Waals surface area contributed by atoms with Crippen molar-refractivity contribution in [3.8, 4) is 0 Å². The van der Waals surface area contributed by atoms with Gasteiger partial charge in [0.05, 0.1) is 12.5 Å². The van der Waals surface area contributed by atoms with Crippen LogP contribution in [0.2, 0.25) is 0 Å². The van der Waals surface area contributed by atoms with Gasteiger partial charge in [0.15, 0.2) is 0 Å². The van der Waals surface area contributed by atoms with Crippen LogP contribution in [0, 0.1) is 5.92 Å². The molecule has 0 aliphatic carbocycles. The van der Waals surface area contributed by atoms with Crippen molar-refractivity contribution in [1.82, 2.24) is 5.32 Å². The van der Waals surface area contributed by atoms with E-state index in [9.17, 15) is 8.78 Å². The van der Waals surface area contributed by atoms with Gasteiger partial charge in [-0.05, 0) is 11.6 Å². The highest BCUT2D eigenvalue weighted by molar-refractivity contribution is 5.16. The molecule has 0 radical (unpaired) electrons. The molecule has 4 heteroatoms. The molecule has 1 N–H and O–H groups in total. The fourth-order valence-corrected chi connectivity index (χ4v) is 1.81. The van der Waals surface area contributed by atoms with Gasteiger partial charge in [0.25, 0.3) is 0 Å². The first kappa shape index (κ1) is 8.69. The molecule has 2 rings (SSSR count). The van der Waals surface area contributed by atoms with Gasteiger partial charge in [0.2, 0.25) is 6.43 Å². The highest BCUT2D eigenvalue weighted by Crippen LogP contribution is 2.32. The van der Waals surface area contributed by atoms with Gasteiger partial charge in [-0.15, -0.1) is 0 Å². The van der Waals surface area contributed by atoms with Crippen LogP contribution in [-0.2, 0) is 0 Å². The predicted octanol–water partition coefficient (Wildman–Crippen LogP) is 1.85. The van der Waals surface area contributed by atoms with Crippen molar-refractivity contribution in [3.63, 3.8) is 0 Å². The minimum atomic E-state index is -2.25. The molecule has 1 fully saturated rings. The molecule has 1 aromatic rings. The van der Waals surface area contributed by atoms with E-state index in [2.05, 4.69) is 5.32 Å². The number of halogens is 2. The van der Waals surface area contributed by atoms with Crippen LogP contribution >= 0.6 is 0 Å². The van der Waals surface area contributed by atoms with Gasteiger partial charge >= 0.3 is 0 Å². The van der Waals surface area contributed by atoms with E-state index in [1.54, 1.807) is 12.3 Å². The van der Waals surface area contributed by atoms with Gasteiger partial charge in [-0.25, -0.2) is 8.78 Å². The molecule has 2 atom stereocenters. The lowest BCUT2D eigenvalue weighted by Crippen LogP contribution is -2.18. The standard InChI is InChI=1S/C9H11F2NO/c10-9(11)8-4-12-3-7(8)6-1-2-13-5-6/h1-2,5,7-9,12H,3-4H2. The van der Waals surface area contributed by atoms with E-state index >= 15 is 0 Å². The second kappa shape index (κ2) is 3.46. The van der Waals surface area contributed by atoms with Gasteiger partial charge in [-0.2, -0.15) is 0 Å². The van der Waals surface area contributed by atoms with E-state index in [0.717, 1.165) is 5.56 Å². The largest absolute Gasteiger partial charge is 0.472 e. The van der Waals surface area contributed by atoms with Crippen molar-refractivity contribution in [2.24, 2.45) is 5.92 Å². The van der Waals surface area contributed by atoms with Crippen LogP contribution in [-0.4, -0.2) is 19.5 Å². The number of hydrogen-bond acceptors (Lipinski definition) is 2. The van der Waals surface area contributed by atoms with Crippen molar-refractivity contribution >= 4 is 0 Å². The molecule has 0 bridgehead atoms. The molecule has 0 spiro atoms. The fourth-order valence-electron chi connectivity index (χ4n) is 1.81. The van der Waals surface area contributed by atoms with Gasteiger partial charge in [-0.3, -0.25) is 0 Å². The third-order valence-corrected chi connectivity index (χ3v) is 2.56. The molecule has 13 heavy (non-hydrogen) atoms. The van der Waals surface area contributed by atoms with E-state index in [4.69, 9.17) is 4.42 Å². The van der Waals surface area contributed by atoms with Crippen molar-refractivity contribution in [2.45, 2.75) is 12.3 Å². The second-order valence-corrected chi connectivity index (χ2v) is 3.32.